The van der Waals surface area contributed by atoms with Crippen molar-refractivity contribution in [3.8, 4) is 0 Å². The summed E-state index contributed by atoms with van der Waals surface area (Å²) < 4.78 is 1.62. The molecule has 0 saturated heterocycles. The molecule has 2 amide bonds. The molecule has 0 saturated carbocycles. The first kappa shape index (κ1) is 15.5. The number of aromatic nitrogens is 2. The van der Waals surface area contributed by atoms with Crippen LogP contribution in [0.3, 0.4) is 0 Å². The predicted molar refractivity (Wildman–Crippen MR) is 90.7 cm³/mol. The van der Waals surface area contributed by atoms with E-state index in [-0.39, 0.29) is 17.4 Å². The zero-order chi connectivity index (χ0) is 16.9. The third-order valence-corrected chi connectivity index (χ3v) is 3.53. The van der Waals surface area contributed by atoms with Crippen molar-refractivity contribution in [2.75, 3.05) is 5.32 Å². The van der Waals surface area contributed by atoms with E-state index in [0.29, 0.717) is 12.1 Å². The fourth-order valence-corrected chi connectivity index (χ4v) is 2.40. The van der Waals surface area contributed by atoms with Gasteiger partial charge in [0.05, 0.1) is 6.33 Å². The first-order chi connectivity index (χ1) is 11.6. The Labute approximate surface area is 138 Å². The van der Waals surface area contributed by atoms with Crippen LogP contribution in [0, 0.1) is 0 Å². The number of hydrogen-bond acceptors (Lipinski definition) is 3. The third kappa shape index (κ3) is 3.33. The average Bonchev–Trinajstić information content (AvgIpc) is 2.99. The molecule has 3 rings (SSSR count). The largest absolute Gasteiger partial charge is 0.364 e. The Morgan fingerprint density at radius 1 is 1.00 bits per heavy atom. The maximum Gasteiger partial charge on any atom is 0.269 e. The molecule has 0 atom stereocenters. The minimum atomic E-state index is -0.646. The molecule has 24 heavy (non-hydrogen) atoms. The van der Waals surface area contributed by atoms with Crippen molar-refractivity contribution in [3.63, 3.8) is 0 Å². The molecule has 0 unspecified atom stereocenters. The summed E-state index contributed by atoms with van der Waals surface area (Å²) in [5, 5.41) is 2.64. The van der Waals surface area contributed by atoms with Crippen LogP contribution in [0.4, 0.5) is 5.82 Å². The van der Waals surface area contributed by atoms with Crippen LogP contribution in [0.5, 0.6) is 0 Å². The standard InChI is InChI=1S/C18H16N4O2/c19-16(23)15-17(21-18(24)14-9-5-2-6-10-14)20-12-22(15)11-13-7-3-1-4-8-13/h1-10,12H,11H2,(H2,19,23)(H,21,24). The lowest BCUT2D eigenvalue weighted by atomic mass is 10.2. The molecule has 0 radical (unpaired) electrons. The van der Waals surface area contributed by atoms with Gasteiger partial charge in [-0.1, -0.05) is 48.5 Å². The topological polar surface area (TPSA) is 90.0 Å². The Hall–Kier alpha value is -3.41. The normalized spacial score (nSPS) is 10.3. The Morgan fingerprint density at radius 2 is 1.62 bits per heavy atom. The number of rotatable bonds is 5. The van der Waals surface area contributed by atoms with Gasteiger partial charge in [0, 0.05) is 12.1 Å². The van der Waals surface area contributed by atoms with E-state index in [1.807, 2.05) is 36.4 Å². The van der Waals surface area contributed by atoms with Crippen molar-refractivity contribution in [2.45, 2.75) is 6.54 Å². The summed E-state index contributed by atoms with van der Waals surface area (Å²) in [5.74, 6) is -0.831. The van der Waals surface area contributed by atoms with Crippen molar-refractivity contribution in [2.24, 2.45) is 5.73 Å². The molecular formula is C18H16N4O2. The quantitative estimate of drug-likeness (QED) is 0.755. The zero-order valence-corrected chi connectivity index (χ0v) is 12.8. The number of anilines is 1. The van der Waals surface area contributed by atoms with Gasteiger partial charge in [0.1, 0.15) is 0 Å². The minimum Gasteiger partial charge on any atom is -0.364 e. The molecule has 6 nitrogen and oxygen atoms in total. The number of carbonyl (C=O) groups excluding carboxylic acids is 2. The summed E-state index contributed by atoms with van der Waals surface area (Å²) in [6, 6.07) is 18.3. The molecular weight excluding hydrogens is 304 g/mol. The Bertz CT molecular complexity index is 857. The van der Waals surface area contributed by atoms with E-state index in [1.165, 1.54) is 6.33 Å². The highest BCUT2D eigenvalue weighted by atomic mass is 16.2. The summed E-state index contributed by atoms with van der Waals surface area (Å²) in [5.41, 5.74) is 7.12. The third-order valence-electron chi connectivity index (χ3n) is 3.53. The van der Waals surface area contributed by atoms with E-state index in [2.05, 4.69) is 10.3 Å². The number of benzene rings is 2. The van der Waals surface area contributed by atoms with E-state index in [9.17, 15) is 9.59 Å². The number of carbonyl (C=O) groups is 2. The van der Waals surface area contributed by atoms with Crippen molar-refractivity contribution >= 4 is 17.6 Å². The molecule has 0 aliphatic rings. The zero-order valence-electron chi connectivity index (χ0n) is 12.8. The average molecular weight is 320 g/mol. The lowest BCUT2D eigenvalue weighted by molar-refractivity contribution is 0.0993. The second-order valence-corrected chi connectivity index (χ2v) is 5.24. The maximum absolute atomic E-state index is 12.2. The van der Waals surface area contributed by atoms with E-state index in [1.54, 1.807) is 28.8 Å². The van der Waals surface area contributed by atoms with Gasteiger partial charge >= 0.3 is 0 Å². The molecule has 0 fully saturated rings. The molecule has 1 aromatic heterocycles. The number of hydrogen-bond donors (Lipinski definition) is 2. The number of nitrogens with zero attached hydrogens (tertiary/aromatic N) is 2. The SMILES string of the molecule is NC(=O)c1c(NC(=O)c2ccccc2)ncn1Cc1ccccc1. The van der Waals surface area contributed by atoms with Crippen LogP contribution in [0.1, 0.15) is 26.4 Å². The van der Waals surface area contributed by atoms with Gasteiger partial charge in [-0.05, 0) is 17.7 Å². The summed E-state index contributed by atoms with van der Waals surface area (Å²) in [6.07, 6.45) is 1.49. The summed E-state index contributed by atoms with van der Waals surface area (Å²) in [6.45, 7) is 0.438. The van der Waals surface area contributed by atoms with Gasteiger partial charge in [-0.3, -0.25) is 9.59 Å². The van der Waals surface area contributed by atoms with Gasteiger partial charge < -0.3 is 15.6 Å². The summed E-state index contributed by atoms with van der Waals surface area (Å²) in [4.78, 5) is 28.2. The predicted octanol–water partition coefficient (Wildman–Crippen LogP) is 2.28. The van der Waals surface area contributed by atoms with Gasteiger partial charge in [-0.2, -0.15) is 0 Å². The van der Waals surface area contributed by atoms with Gasteiger partial charge in [0.2, 0.25) is 0 Å². The Balaban J connectivity index is 1.86. The fraction of sp³-hybridized carbons (Fsp3) is 0.0556. The molecule has 2 aromatic carbocycles. The smallest absolute Gasteiger partial charge is 0.269 e. The number of primary amides is 1. The van der Waals surface area contributed by atoms with Crippen LogP contribution in [-0.2, 0) is 6.54 Å². The monoisotopic (exact) mass is 320 g/mol. The number of nitrogens with two attached hydrogens (primary N) is 1. The lowest BCUT2D eigenvalue weighted by Gasteiger charge is -2.08. The van der Waals surface area contributed by atoms with Crippen molar-refractivity contribution in [3.05, 3.63) is 83.8 Å². The number of amides is 2. The molecule has 3 aromatic rings. The fourth-order valence-electron chi connectivity index (χ4n) is 2.40. The van der Waals surface area contributed by atoms with Crippen LogP contribution in [0.25, 0.3) is 0 Å². The van der Waals surface area contributed by atoms with Crippen LogP contribution in [0.2, 0.25) is 0 Å². The van der Waals surface area contributed by atoms with Crippen molar-refractivity contribution in [1.29, 1.82) is 0 Å². The van der Waals surface area contributed by atoms with Crippen LogP contribution in [-0.4, -0.2) is 21.4 Å². The molecule has 0 spiro atoms. The van der Waals surface area contributed by atoms with E-state index in [0.717, 1.165) is 5.56 Å². The highest BCUT2D eigenvalue weighted by molar-refractivity contribution is 6.07. The summed E-state index contributed by atoms with van der Waals surface area (Å²) >= 11 is 0. The molecule has 1 heterocycles. The second-order valence-electron chi connectivity index (χ2n) is 5.24. The highest BCUT2D eigenvalue weighted by Gasteiger charge is 2.19. The lowest BCUT2D eigenvalue weighted by Crippen LogP contribution is -2.21. The van der Waals surface area contributed by atoms with Gasteiger partial charge in [0.25, 0.3) is 11.8 Å². The van der Waals surface area contributed by atoms with E-state index < -0.39 is 5.91 Å². The van der Waals surface area contributed by atoms with Crippen LogP contribution >= 0.6 is 0 Å². The number of imidazole rings is 1. The van der Waals surface area contributed by atoms with Crippen LogP contribution < -0.4 is 11.1 Å². The molecule has 6 heteroatoms. The molecule has 0 aliphatic heterocycles. The highest BCUT2D eigenvalue weighted by Crippen LogP contribution is 2.16. The Kier molecular flexibility index (Phi) is 4.38. The first-order valence-corrected chi connectivity index (χ1v) is 7.40. The maximum atomic E-state index is 12.2. The van der Waals surface area contributed by atoms with Crippen LogP contribution in [0.15, 0.2) is 67.0 Å². The van der Waals surface area contributed by atoms with Gasteiger partial charge in [0.15, 0.2) is 11.5 Å². The Morgan fingerprint density at radius 3 is 2.25 bits per heavy atom. The molecule has 0 bridgehead atoms. The molecule has 3 N–H and O–H groups in total. The van der Waals surface area contributed by atoms with Gasteiger partial charge in [-0.15, -0.1) is 0 Å². The van der Waals surface area contributed by atoms with Crippen molar-refractivity contribution in [1.82, 2.24) is 9.55 Å². The van der Waals surface area contributed by atoms with Gasteiger partial charge in [-0.25, -0.2) is 4.98 Å². The van der Waals surface area contributed by atoms with E-state index >= 15 is 0 Å². The summed E-state index contributed by atoms with van der Waals surface area (Å²) in [7, 11) is 0. The molecule has 120 valence electrons. The second kappa shape index (κ2) is 6.78. The van der Waals surface area contributed by atoms with Crippen molar-refractivity contribution < 1.29 is 9.59 Å². The minimum absolute atomic E-state index is 0.160. The van der Waals surface area contributed by atoms with E-state index in [4.69, 9.17) is 5.73 Å². The first-order valence-electron chi connectivity index (χ1n) is 7.40. The molecule has 0 aliphatic carbocycles. The number of nitrogens with one attached hydrogen (secondary N) is 1.